The smallest absolute Gasteiger partial charge is 0.166 e. The van der Waals surface area contributed by atoms with Gasteiger partial charge in [0, 0.05) is 40.2 Å². The van der Waals surface area contributed by atoms with Gasteiger partial charge >= 0.3 is 0 Å². The van der Waals surface area contributed by atoms with Gasteiger partial charge in [0.25, 0.3) is 0 Å². The van der Waals surface area contributed by atoms with Gasteiger partial charge < -0.3 is 14.7 Å². The molecule has 0 saturated heterocycles. The summed E-state index contributed by atoms with van der Waals surface area (Å²) in [5.74, 6) is 1.67. The largest absolute Gasteiger partial charge is 0.496 e. The summed E-state index contributed by atoms with van der Waals surface area (Å²) in [5.41, 5.74) is 6.30. The van der Waals surface area contributed by atoms with Crippen LogP contribution in [0.4, 0.5) is 0 Å². The van der Waals surface area contributed by atoms with Crippen LogP contribution in [-0.4, -0.2) is 27.0 Å². The fraction of sp³-hybridized carbons (Fsp3) is 0.222. The monoisotopic (exact) mass is 338 g/mol. The fourth-order valence-electron chi connectivity index (χ4n) is 2.96. The second-order valence-electron chi connectivity index (χ2n) is 5.81. The van der Waals surface area contributed by atoms with Crippen LogP contribution in [0, 0.1) is 13.8 Å². The number of benzene rings is 1. The van der Waals surface area contributed by atoms with Gasteiger partial charge in [0.2, 0.25) is 0 Å². The van der Waals surface area contributed by atoms with E-state index in [1.54, 1.807) is 18.9 Å². The molecule has 3 aromatic heterocycles. The number of H-pyrrole nitrogens is 2. The van der Waals surface area contributed by atoms with E-state index in [0.717, 1.165) is 50.0 Å². The van der Waals surface area contributed by atoms with Gasteiger partial charge in [-0.05, 0) is 32.0 Å². The van der Waals surface area contributed by atoms with Crippen LogP contribution in [0.5, 0.6) is 5.75 Å². The number of imidazole rings is 1. The molecule has 0 spiro atoms. The summed E-state index contributed by atoms with van der Waals surface area (Å²) in [6.07, 6.45) is 3.81. The van der Waals surface area contributed by atoms with Crippen LogP contribution in [0.2, 0.25) is 0 Å². The summed E-state index contributed by atoms with van der Waals surface area (Å²) >= 11 is 1.65. The van der Waals surface area contributed by atoms with Crippen molar-refractivity contribution in [2.75, 3.05) is 7.11 Å². The van der Waals surface area contributed by atoms with E-state index in [1.807, 2.05) is 19.3 Å². The van der Waals surface area contributed by atoms with Crippen molar-refractivity contribution in [1.82, 2.24) is 19.9 Å². The molecule has 4 aromatic rings. The number of rotatable bonds is 4. The molecule has 0 amide bonds. The molecule has 0 saturated carbocycles. The topological polar surface area (TPSA) is 66.6 Å². The van der Waals surface area contributed by atoms with Crippen LogP contribution in [-0.2, 0) is 5.75 Å². The lowest BCUT2D eigenvalue weighted by Crippen LogP contribution is -1.98. The molecule has 0 radical (unpaired) electrons. The number of aromatic nitrogens is 4. The molecule has 2 N–H and O–H groups in total. The number of hydrogen-bond donors (Lipinski definition) is 2. The number of hydrogen-bond acceptors (Lipinski definition) is 4. The van der Waals surface area contributed by atoms with E-state index in [-0.39, 0.29) is 0 Å². The third-order valence-corrected chi connectivity index (χ3v) is 5.11. The summed E-state index contributed by atoms with van der Waals surface area (Å²) in [5, 5.41) is 2.09. The van der Waals surface area contributed by atoms with Crippen molar-refractivity contribution in [3.8, 4) is 5.75 Å². The third kappa shape index (κ3) is 2.53. The number of aryl methyl sites for hydroxylation is 1. The Kier molecular flexibility index (Phi) is 3.69. The minimum absolute atomic E-state index is 0.750. The van der Waals surface area contributed by atoms with Gasteiger partial charge in [-0.2, -0.15) is 0 Å². The zero-order chi connectivity index (χ0) is 16.7. The lowest BCUT2D eigenvalue weighted by atomic mass is 10.1. The Hall–Kier alpha value is -2.47. The first kappa shape index (κ1) is 15.1. The van der Waals surface area contributed by atoms with Crippen molar-refractivity contribution in [3.63, 3.8) is 0 Å². The Morgan fingerprint density at radius 3 is 2.92 bits per heavy atom. The summed E-state index contributed by atoms with van der Waals surface area (Å²) in [4.78, 5) is 15.8. The second kappa shape index (κ2) is 5.87. The van der Waals surface area contributed by atoms with Gasteiger partial charge in [0.05, 0.1) is 23.8 Å². The molecule has 0 aliphatic carbocycles. The van der Waals surface area contributed by atoms with Crippen molar-refractivity contribution in [2.24, 2.45) is 0 Å². The summed E-state index contributed by atoms with van der Waals surface area (Å²) in [6.45, 7) is 4.06. The lowest BCUT2D eigenvalue weighted by molar-refractivity contribution is 0.407. The van der Waals surface area contributed by atoms with Crippen LogP contribution < -0.4 is 4.74 Å². The van der Waals surface area contributed by atoms with Crippen molar-refractivity contribution in [2.45, 2.75) is 24.8 Å². The van der Waals surface area contributed by atoms with Crippen LogP contribution in [0.25, 0.3) is 21.9 Å². The maximum Gasteiger partial charge on any atom is 0.166 e. The van der Waals surface area contributed by atoms with E-state index >= 15 is 0 Å². The first-order valence-electron chi connectivity index (χ1n) is 7.74. The predicted octanol–water partition coefficient (Wildman–Crippen LogP) is 4.36. The molecule has 6 heteroatoms. The second-order valence-corrected chi connectivity index (χ2v) is 6.78. The molecule has 3 heterocycles. The zero-order valence-electron chi connectivity index (χ0n) is 13.8. The van der Waals surface area contributed by atoms with Gasteiger partial charge in [-0.15, -0.1) is 0 Å². The SMILES string of the molecule is COc1c(C)cnc(CSc2nc3cc4[nH]ccc4cc3[nH]2)c1C. The molecule has 5 nitrogen and oxygen atoms in total. The van der Waals surface area contributed by atoms with Crippen LogP contribution >= 0.6 is 11.8 Å². The highest BCUT2D eigenvalue weighted by Crippen LogP contribution is 2.29. The minimum Gasteiger partial charge on any atom is -0.496 e. The highest BCUT2D eigenvalue weighted by molar-refractivity contribution is 7.98. The number of pyridine rings is 1. The highest BCUT2D eigenvalue weighted by Gasteiger charge is 2.11. The predicted molar refractivity (Wildman–Crippen MR) is 97.8 cm³/mol. The average Bonchev–Trinajstić information content (AvgIpc) is 3.17. The quantitative estimate of drug-likeness (QED) is 0.543. The van der Waals surface area contributed by atoms with E-state index < -0.39 is 0 Å². The Balaban J connectivity index is 1.60. The van der Waals surface area contributed by atoms with E-state index in [0.29, 0.717) is 0 Å². The van der Waals surface area contributed by atoms with E-state index in [2.05, 4.69) is 45.1 Å². The maximum atomic E-state index is 5.48. The third-order valence-electron chi connectivity index (χ3n) is 4.23. The number of ether oxygens (including phenoxy) is 1. The normalized spacial score (nSPS) is 11.5. The molecule has 0 aliphatic rings. The van der Waals surface area contributed by atoms with Gasteiger partial charge in [-0.3, -0.25) is 4.98 Å². The van der Waals surface area contributed by atoms with E-state index in [4.69, 9.17) is 4.74 Å². The zero-order valence-corrected chi connectivity index (χ0v) is 14.6. The van der Waals surface area contributed by atoms with Crippen LogP contribution in [0.1, 0.15) is 16.8 Å². The molecular weight excluding hydrogens is 320 g/mol. The molecule has 1 aromatic carbocycles. The van der Waals surface area contributed by atoms with Gasteiger partial charge in [-0.25, -0.2) is 4.98 Å². The summed E-state index contributed by atoms with van der Waals surface area (Å²) in [6, 6.07) is 6.26. The molecule has 24 heavy (non-hydrogen) atoms. The van der Waals surface area contributed by atoms with E-state index in [1.165, 1.54) is 5.39 Å². The number of nitrogens with one attached hydrogen (secondary N) is 2. The molecule has 4 rings (SSSR count). The van der Waals surface area contributed by atoms with Crippen LogP contribution in [0.15, 0.2) is 35.7 Å². The van der Waals surface area contributed by atoms with Crippen LogP contribution in [0.3, 0.4) is 0 Å². The Bertz CT molecular complexity index is 986. The fourth-order valence-corrected chi connectivity index (χ4v) is 3.87. The Labute approximate surface area is 143 Å². The molecular formula is C18H18N4OS. The van der Waals surface area contributed by atoms with Crippen molar-refractivity contribution in [1.29, 1.82) is 0 Å². The molecule has 0 fully saturated rings. The van der Waals surface area contributed by atoms with Crippen molar-refractivity contribution < 1.29 is 4.74 Å². The van der Waals surface area contributed by atoms with Gasteiger partial charge in [-0.1, -0.05) is 11.8 Å². The first-order valence-corrected chi connectivity index (χ1v) is 8.73. The van der Waals surface area contributed by atoms with E-state index in [9.17, 15) is 0 Å². The highest BCUT2D eigenvalue weighted by atomic mass is 32.2. The number of thioether (sulfide) groups is 1. The molecule has 0 aliphatic heterocycles. The Morgan fingerprint density at radius 1 is 1.21 bits per heavy atom. The van der Waals surface area contributed by atoms with Gasteiger partial charge in [0.1, 0.15) is 5.75 Å². The molecule has 0 bridgehead atoms. The molecule has 0 atom stereocenters. The Morgan fingerprint density at radius 2 is 2.08 bits per heavy atom. The lowest BCUT2D eigenvalue weighted by Gasteiger charge is -2.11. The summed E-state index contributed by atoms with van der Waals surface area (Å²) in [7, 11) is 1.70. The minimum atomic E-state index is 0.750. The van der Waals surface area contributed by atoms with Crippen molar-refractivity contribution in [3.05, 3.63) is 47.4 Å². The number of nitrogens with zero attached hydrogens (tertiary/aromatic N) is 2. The number of methoxy groups -OCH3 is 1. The summed E-state index contributed by atoms with van der Waals surface area (Å²) < 4.78 is 5.48. The average molecular weight is 338 g/mol. The molecule has 0 unspecified atom stereocenters. The van der Waals surface area contributed by atoms with Crippen molar-refractivity contribution >= 4 is 33.7 Å². The first-order chi connectivity index (χ1) is 11.7. The number of aromatic amines is 2. The maximum absolute atomic E-state index is 5.48. The standard InChI is InChI=1S/C18H18N4OS/c1-10-8-20-16(11(2)17(10)23-3)9-24-18-21-14-6-12-4-5-19-13(12)7-15(14)22-18/h4-8,19H,9H2,1-3H3,(H,21,22). The number of fused-ring (bicyclic) bond motifs is 2. The molecule has 122 valence electrons. The van der Waals surface area contributed by atoms with Gasteiger partial charge in [0.15, 0.2) is 5.16 Å².